The topological polar surface area (TPSA) is 121 Å². The zero-order valence-corrected chi connectivity index (χ0v) is 16.5. The first-order valence-electron chi connectivity index (χ1n) is 8.61. The molecule has 1 aromatic heterocycles. The highest BCUT2D eigenvalue weighted by molar-refractivity contribution is 7.89. The lowest BCUT2D eigenvalue weighted by Gasteiger charge is -2.10. The van der Waals surface area contributed by atoms with E-state index in [2.05, 4.69) is 14.9 Å². The quantitative estimate of drug-likeness (QED) is 0.555. The number of nitrogens with zero attached hydrogens (tertiary/aromatic N) is 2. The summed E-state index contributed by atoms with van der Waals surface area (Å²) in [6.07, 6.45) is -0.844. The molecule has 1 heterocycles. The third kappa shape index (κ3) is 5.18. The van der Waals surface area contributed by atoms with Crippen LogP contribution in [-0.2, 0) is 19.6 Å². The van der Waals surface area contributed by atoms with Crippen molar-refractivity contribution in [2.24, 2.45) is 0 Å². The minimum atomic E-state index is -3.81. The minimum absolute atomic E-state index is 0.0573. The summed E-state index contributed by atoms with van der Waals surface area (Å²) in [5.41, 5.74) is 0.679. The Hall–Kier alpha value is -3.24. The van der Waals surface area contributed by atoms with Crippen molar-refractivity contribution in [1.29, 1.82) is 0 Å². The molecule has 0 fully saturated rings. The summed E-state index contributed by atoms with van der Waals surface area (Å²) in [6, 6.07) is 14.7. The summed E-state index contributed by atoms with van der Waals surface area (Å²) >= 11 is 0. The lowest BCUT2D eigenvalue weighted by atomic mass is 10.2. The maximum Gasteiger partial charge on any atom is 0.321 e. The van der Waals surface area contributed by atoms with Gasteiger partial charge in [0.2, 0.25) is 15.9 Å². The van der Waals surface area contributed by atoms with Crippen LogP contribution >= 0.6 is 0 Å². The Morgan fingerprint density at radius 2 is 1.79 bits per heavy atom. The number of esters is 1. The van der Waals surface area contributed by atoms with E-state index in [0.29, 0.717) is 11.3 Å². The van der Waals surface area contributed by atoms with Crippen molar-refractivity contribution in [2.45, 2.75) is 17.9 Å². The maximum absolute atomic E-state index is 12.1. The van der Waals surface area contributed by atoms with E-state index in [0.717, 1.165) is 0 Å². The Morgan fingerprint density at radius 3 is 2.45 bits per heavy atom. The fourth-order valence-corrected chi connectivity index (χ4v) is 3.37. The molecular formula is C19H19N3O6S. The molecule has 3 aromatic rings. The number of nitrogens with one attached hydrogen (secondary N) is 1. The van der Waals surface area contributed by atoms with Gasteiger partial charge in [0.25, 0.3) is 5.89 Å². The van der Waals surface area contributed by atoms with Crippen LogP contribution in [0.15, 0.2) is 63.9 Å². The van der Waals surface area contributed by atoms with Gasteiger partial charge in [-0.1, -0.05) is 18.2 Å². The predicted octanol–water partition coefficient (Wildman–Crippen LogP) is 2.33. The number of ether oxygens (including phenoxy) is 2. The third-order valence-electron chi connectivity index (χ3n) is 3.89. The van der Waals surface area contributed by atoms with Crippen LogP contribution in [0.25, 0.3) is 11.5 Å². The average Bonchev–Trinajstić information content (AvgIpc) is 3.23. The SMILES string of the molecule is COc1ccc(-c2nnc(C(C)OC(=O)CNS(=O)(=O)c3ccccc3)o2)cc1. The highest BCUT2D eigenvalue weighted by Crippen LogP contribution is 2.24. The zero-order chi connectivity index (χ0) is 20.9. The summed E-state index contributed by atoms with van der Waals surface area (Å²) < 4.78 is 42.3. The van der Waals surface area contributed by atoms with Crippen molar-refractivity contribution in [3.05, 3.63) is 60.5 Å². The van der Waals surface area contributed by atoms with Crippen LogP contribution in [0, 0.1) is 0 Å². The van der Waals surface area contributed by atoms with Gasteiger partial charge >= 0.3 is 5.97 Å². The van der Waals surface area contributed by atoms with E-state index in [1.54, 1.807) is 56.5 Å². The molecule has 3 rings (SSSR count). The van der Waals surface area contributed by atoms with Crippen molar-refractivity contribution >= 4 is 16.0 Å². The van der Waals surface area contributed by atoms with Crippen molar-refractivity contribution in [3.63, 3.8) is 0 Å². The van der Waals surface area contributed by atoms with Crippen LogP contribution in [-0.4, -0.2) is 38.2 Å². The van der Waals surface area contributed by atoms with Gasteiger partial charge in [0.15, 0.2) is 6.10 Å². The number of hydrogen-bond acceptors (Lipinski definition) is 8. The molecule has 1 unspecified atom stereocenters. The Kier molecular flexibility index (Phi) is 6.25. The highest BCUT2D eigenvalue weighted by atomic mass is 32.2. The summed E-state index contributed by atoms with van der Waals surface area (Å²) in [4.78, 5) is 12.1. The number of carbonyl (C=O) groups is 1. The van der Waals surface area contributed by atoms with Gasteiger partial charge in [-0.25, -0.2) is 8.42 Å². The van der Waals surface area contributed by atoms with Crippen LogP contribution in [0.1, 0.15) is 18.9 Å². The lowest BCUT2D eigenvalue weighted by Crippen LogP contribution is -2.31. The lowest BCUT2D eigenvalue weighted by molar-refractivity contribution is -0.148. The molecule has 0 radical (unpaired) electrons. The zero-order valence-electron chi connectivity index (χ0n) is 15.7. The molecule has 152 valence electrons. The van der Waals surface area contributed by atoms with Gasteiger partial charge < -0.3 is 13.9 Å². The Labute approximate surface area is 167 Å². The second-order valence-electron chi connectivity index (χ2n) is 5.94. The number of benzene rings is 2. The molecule has 0 amide bonds. The van der Waals surface area contributed by atoms with Crippen molar-refractivity contribution in [2.75, 3.05) is 13.7 Å². The molecule has 0 aliphatic heterocycles. The largest absolute Gasteiger partial charge is 0.497 e. The van der Waals surface area contributed by atoms with Gasteiger partial charge in [-0.05, 0) is 43.3 Å². The number of methoxy groups -OCH3 is 1. The Balaban J connectivity index is 1.58. The smallest absolute Gasteiger partial charge is 0.321 e. The van der Waals surface area contributed by atoms with Gasteiger partial charge in [0.1, 0.15) is 12.3 Å². The first kappa shape index (κ1) is 20.5. The van der Waals surface area contributed by atoms with E-state index < -0.39 is 28.6 Å². The molecule has 0 spiro atoms. The van der Waals surface area contributed by atoms with Gasteiger partial charge in [0, 0.05) is 5.56 Å². The van der Waals surface area contributed by atoms with Gasteiger partial charge in [-0.2, -0.15) is 4.72 Å². The predicted molar refractivity (Wildman–Crippen MR) is 102 cm³/mol. The number of carbonyl (C=O) groups excluding carboxylic acids is 1. The highest BCUT2D eigenvalue weighted by Gasteiger charge is 2.21. The molecule has 0 aliphatic rings. The molecule has 0 saturated heterocycles. The van der Waals surface area contributed by atoms with Crippen LogP contribution < -0.4 is 9.46 Å². The van der Waals surface area contributed by atoms with Crippen LogP contribution in [0.2, 0.25) is 0 Å². The Morgan fingerprint density at radius 1 is 1.10 bits per heavy atom. The van der Waals surface area contributed by atoms with Crippen molar-refractivity contribution < 1.29 is 27.1 Å². The second kappa shape index (κ2) is 8.84. The molecule has 10 heteroatoms. The van der Waals surface area contributed by atoms with E-state index in [1.807, 2.05) is 0 Å². The maximum atomic E-state index is 12.1. The Bertz CT molecular complexity index is 1060. The van der Waals surface area contributed by atoms with Gasteiger partial charge in [0.05, 0.1) is 12.0 Å². The van der Waals surface area contributed by atoms with Crippen molar-refractivity contribution in [1.82, 2.24) is 14.9 Å². The molecule has 0 bridgehead atoms. The second-order valence-corrected chi connectivity index (χ2v) is 7.71. The summed E-state index contributed by atoms with van der Waals surface area (Å²) in [5.74, 6) is 0.264. The first-order chi connectivity index (χ1) is 13.9. The van der Waals surface area contributed by atoms with E-state index in [1.165, 1.54) is 12.1 Å². The van der Waals surface area contributed by atoms with Crippen molar-refractivity contribution in [3.8, 4) is 17.2 Å². The summed E-state index contributed by atoms with van der Waals surface area (Å²) in [6.45, 7) is 1.02. The first-order valence-corrected chi connectivity index (χ1v) is 10.1. The molecule has 29 heavy (non-hydrogen) atoms. The van der Waals surface area contributed by atoms with Crippen LogP contribution in [0.4, 0.5) is 0 Å². The summed E-state index contributed by atoms with van der Waals surface area (Å²) in [7, 11) is -2.24. The van der Waals surface area contributed by atoms with Crippen LogP contribution in [0.5, 0.6) is 5.75 Å². The van der Waals surface area contributed by atoms with E-state index in [9.17, 15) is 13.2 Å². The summed E-state index contributed by atoms with van der Waals surface area (Å²) in [5, 5.41) is 7.82. The van der Waals surface area contributed by atoms with E-state index in [4.69, 9.17) is 13.9 Å². The standard InChI is InChI=1S/C19H19N3O6S/c1-13(18-21-22-19(28-18)14-8-10-15(26-2)11-9-14)27-17(23)12-20-29(24,25)16-6-4-3-5-7-16/h3-11,13,20H,12H2,1-2H3. The fourth-order valence-electron chi connectivity index (χ4n) is 2.38. The minimum Gasteiger partial charge on any atom is -0.497 e. The fraction of sp³-hybridized carbons (Fsp3) is 0.211. The average molecular weight is 417 g/mol. The number of aromatic nitrogens is 2. The van der Waals surface area contributed by atoms with Gasteiger partial charge in [-0.15, -0.1) is 10.2 Å². The van der Waals surface area contributed by atoms with Crippen LogP contribution in [0.3, 0.4) is 0 Å². The molecular weight excluding hydrogens is 398 g/mol. The van der Waals surface area contributed by atoms with E-state index >= 15 is 0 Å². The molecule has 0 saturated carbocycles. The molecule has 2 aromatic carbocycles. The molecule has 1 N–H and O–H groups in total. The number of sulfonamides is 1. The number of rotatable bonds is 8. The van der Waals surface area contributed by atoms with E-state index in [-0.39, 0.29) is 16.7 Å². The normalized spacial score (nSPS) is 12.3. The molecule has 0 aliphatic carbocycles. The number of hydrogen-bond donors (Lipinski definition) is 1. The third-order valence-corrected chi connectivity index (χ3v) is 5.31. The molecule has 1 atom stereocenters. The van der Waals surface area contributed by atoms with Gasteiger partial charge in [-0.3, -0.25) is 4.79 Å². The monoisotopic (exact) mass is 417 g/mol. The molecule has 9 nitrogen and oxygen atoms in total.